The summed E-state index contributed by atoms with van der Waals surface area (Å²) in [7, 11) is 0. The van der Waals surface area contributed by atoms with Gasteiger partial charge in [0.2, 0.25) is 0 Å². The molecule has 0 N–H and O–H groups in total. The molecule has 4 heteroatoms. The second kappa shape index (κ2) is 5.55. The summed E-state index contributed by atoms with van der Waals surface area (Å²) in [5.74, 6) is 0.313. The second-order valence-electron chi connectivity index (χ2n) is 4.75. The summed E-state index contributed by atoms with van der Waals surface area (Å²) in [6.45, 7) is 4.68. The van der Waals surface area contributed by atoms with Gasteiger partial charge in [-0.1, -0.05) is 18.5 Å². The highest BCUT2D eigenvalue weighted by atomic mass is 35.5. The first-order valence-electron chi connectivity index (χ1n) is 5.86. The predicted molar refractivity (Wildman–Crippen MR) is 70.1 cm³/mol. The third-order valence-electron chi connectivity index (χ3n) is 3.35. The van der Waals surface area contributed by atoms with Crippen LogP contribution in [0.2, 0.25) is 5.02 Å². The maximum absolute atomic E-state index is 13.1. The van der Waals surface area contributed by atoms with Gasteiger partial charge in [0.15, 0.2) is 0 Å². The average Bonchev–Trinajstić information content (AvgIpc) is 2.29. The van der Waals surface area contributed by atoms with Gasteiger partial charge in [-0.05, 0) is 42.6 Å². The van der Waals surface area contributed by atoms with Gasteiger partial charge in [-0.3, -0.25) is 4.90 Å². The fraction of sp³-hybridized carbons (Fsp3) is 0.538. The molecule has 1 aromatic carbocycles. The maximum Gasteiger partial charge on any atom is 0.123 e. The van der Waals surface area contributed by atoms with Gasteiger partial charge in [0, 0.05) is 23.5 Å². The number of hydrogen-bond acceptors (Lipinski definition) is 1. The molecule has 1 aliphatic heterocycles. The number of halogens is 3. The van der Waals surface area contributed by atoms with E-state index in [0.717, 1.165) is 25.1 Å². The van der Waals surface area contributed by atoms with Crippen molar-refractivity contribution in [1.29, 1.82) is 0 Å². The fourth-order valence-corrected chi connectivity index (χ4v) is 2.63. The van der Waals surface area contributed by atoms with Gasteiger partial charge in [0.1, 0.15) is 5.82 Å². The lowest BCUT2D eigenvalue weighted by Crippen LogP contribution is -2.39. The molecule has 2 rings (SSSR count). The van der Waals surface area contributed by atoms with Crippen LogP contribution in [0.3, 0.4) is 0 Å². The van der Waals surface area contributed by atoms with Crippen molar-refractivity contribution in [2.24, 2.45) is 5.92 Å². The first kappa shape index (κ1) is 13.1. The number of rotatable bonds is 2. The smallest absolute Gasteiger partial charge is 0.123 e. The van der Waals surface area contributed by atoms with Crippen molar-refractivity contribution in [3.05, 3.63) is 34.6 Å². The average molecular weight is 276 g/mol. The Hall–Kier alpha value is -0.310. The molecular formula is C13H16Cl2FN. The van der Waals surface area contributed by atoms with E-state index in [4.69, 9.17) is 23.2 Å². The van der Waals surface area contributed by atoms with Crippen molar-refractivity contribution < 1.29 is 4.39 Å². The van der Waals surface area contributed by atoms with Crippen molar-refractivity contribution in [3.63, 3.8) is 0 Å². The normalized spacial score (nSPS) is 26.1. The molecule has 0 saturated carbocycles. The van der Waals surface area contributed by atoms with Crippen LogP contribution < -0.4 is 0 Å². The zero-order valence-corrected chi connectivity index (χ0v) is 11.3. The molecule has 0 aliphatic carbocycles. The van der Waals surface area contributed by atoms with Gasteiger partial charge < -0.3 is 0 Å². The van der Waals surface area contributed by atoms with Crippen molar-refractivity contribution in [2.75, 3.05) is 13.1 Å². The Kier molecular flexibility index (Phi) is 4.29. The first-order chi connectivity index (χ1) is 8.06. The van der Waals surface area contributed by atoms with Crippen LogP contribution in [0.15, 0.2) is 18.2 Å². The Morgan fingerprint density at radius 1 is 1.47 bits per heavy atom. The highest BCUT2D eigenvalue weighted by Crippen LogP contribution is 2.25. The van der Waals surface area contributed by atoms with E-state index in [9.17, 15) is 4.39 Å². The quantitative estimate of drug-likeness (QED) is 0.740. The Labute approximate surface area is 112 Å². The molecule has 0 amide bonds. The predicted octanol–water partition coefficient (Wildman–Crippen LogP) is 3.93. The number of hydrogen-bond donors (Lipinski definition) is 0. The van der Waals surface area contributed by atoms with Crippen LogP contribution in [0.25, 0.3) is 0 Å². The molecule has 0 bridgehead atoms. The van der Waals surface area contributed by atoms with E-state index in [1.807, 2.05) is 0 Å². The van der Waals surface area contributed by atoms with Gasteiger partial charge in [-0.15, -0.1) is 11.6 Å². The Morgan fingerprint density at radius 3 is 2.94 bits per heavy atom. The Bertz CT molecular complexity index is 397. The lowest BCUT2D eigenvalue weighted by molar-refractivity contribution is 0.189. The number of benzene rings is 1. The third kappa shape index (κ3) is 3.34. The Balaban J connectivity index is 2.03. The second-order valence-corrected chi connectivity index (χ2v) is 5.72. The fourth-order valence-electron chi connectivity index (χ4n) is 2.13. The largest absolute Gasteiger partial charge is 0.298 e. The molecule has 94 valence electrons. The molecule has 1 heterocycles. The highest BCUT2D eigenvalue weighted by Gasteiger charge is 2.24. The summed E-state index contributed by atoms with van der Waals surface area (Å²) in [4.78, 5) is 2.23. The van der Waals surface area contributed by atoms with Gasteiger partial charge in [-0.25, -0.2) is 4.39 Å². The van der Waals surface area contributed by atoms with E-state index in [1.165, 1.54) is 12.1 Å². The molecule has 0 spiro atoms. The summed E-state index contributed by atoms with van der Waals surface area (Å²) in [6.07, 6.45) is 1.08. The number of piperidine rings is 1. The molecule has 1 saturated heterocycles. The molecule has 0 aromatic heterocycles. The molecule has 1 nitrogen and oxygen atoms in total. The summed E-state index contributed by atoms with van der Waals surface area (Å²) < 4.78 is 13.1. The van der Waals surface area contributed by atoms with Gasteiger partial charge in [0.25, 0.3) is 0 Å². The minimum Gasteiger partial charge on any atom is -0.298 e. The zero-order chi connectivity index (χ0) is 12.4. The molecule has 1 fully saturated rings. The van der Waals surface area contributed by atoms with Crippen molar-refractivity contribution >= 4 is 23.2 Å². The van der Waals surface area contributed by atoms with Crippen LogP contribution in [-0.2, 0) is 6.54 Å². The molecule has 17 heavy (non-hydrogen) atoms. The summed E-state index contributed by atoms with van der Waals surface area (Å²) in [5.41, 5.74) is 0.838. The van der Waals surface area contributed by atoms with E-state index in [0.29, 0.717) is 17.5 Å². The molecule has 1 aromatic rings. The van der Waals surface area contributed by atoms with E-state index < -0.39 is 0 Å². The van der Waals surface area contributed by atoms with Crippen LogP contribution in [0, 0.1) is 11.7 Å². The molecular weight excluding hydrogens is 260 g/mol. The van der Waals surface area contributed by atoms with Crippen LogP contribution in [-0.4, -0.2) is 23.4 Å². The van der Waals surface area contributed by atoms with Crippen molar-refractivity contribution in [1.82, 2.24) is 4.90 Å². The number of likely N-dealkylation sites (tertiary alicyclic amines) is 1. The molecule has 0 radical (unpaired) electrons. The van der Waals surface area contributed by atoms with Crippen LogP contribution in [0.1, 0.15) is 18.9 Å². The van der Waals surface area contributed by atoms with E-state index in [-0.39, 0.29) is 11.2 Å². The minimum atomic E-state index is -0.239. The van der Waals surface area contributed by atoms with Crippen molar-refractivity contribution in [2.45, 2.75) is 25.3 Å². The third-order valence-corrected chi connectivity index (χ3v) is 4.29. The number of alkyl halides is 1. The van der Waals surface area contributed by atoms with Gasteiger partial charge in [0.05, 0.1) is 0 Å². The minimum absolute atomic E-state index is 0.177. The summed E-state index contributed by atoms with van der Waals surface area (Å²) >= 11 is 12.3. The van der Waals surface area contributed by atoms with Gasteiger partial charge >= 0.3 is 0 Å². The van der Waals surface area contributed by atoms with E-state index in [2.05, 4.69) is 11.8 Å². The first-order valence-corrected chi connectivity index (χ1v) is 6.68. The molecule has 2 unspecified atom stereocenters. The lowest BCUT2D eigenvalue weighted by Gasteiger charge is -2.34. The molecule has 2 atom stereocenters. The van der Waals surface area contributed by atoms with E-state index >= 15 is 0 Å². The van der Waals surface area contributed by atoms with Crippen molar-refractivity contribution in [3.8, 4) is 0 Å². The van der Waals surface area contributed by atoms with Crippen LogP contribution in [0.4, 0.5) is 4.39 Å². The highest BCUT2D eigenvalue weighted by molar-refractivity contribution is 6.31. The molecule has 1 aliphatic rings. The summed E-state index contributed by atoms with van der Waals surface area (Å²) in [5, 5.41) is 0.798. The van der Waals surface area contributed by atoms with E-state index in [1.54, 1.807) is 6.07 Å². The Morgan fingerprint density at radius 2 is 2.24 bits per heavy atom. The maximum atomic E-state index is 13.1. The van der Waals surface area contributed by atoms with Crippen LogP contribution in [0.5, 0.6) is 0 Å². The lowest BCUT2D eigenvalue weighted by atomic mass is 9.98. The standard InChI is InChI=1S/C13H16Cl2FN/c1-9-4-5-17(8-13(9)15)7-10-6-11(16)2-3-12(10)14/h2-3,6,9,13H,4-5,7-8H2,1H3. The monoisotopic (exact) mass is 275 g/mol. The zero-order valence-electron chi connectivity index (χ0n) is 9.80. The van der Waals surface area contributed by atoms with Gasteiger partial charge in [-0.2, -0.15) is 0 Å². The number of nitrogens with zero attached hydrogens (tertiary/aromatic N) is 1. The van der Waals surface area contributed by atoms with Crippen LogP contribution >= 0.6 is 23.2 Å². The SMILES string of the molecule is CC1CCN(Cc2cc(F)ccc2Cl)CC1Cl. The summed E-state index contributed by atoms with van der Waals surface area (Å²) in [6, 6.07) is 4.50. The topological polar surface area (TPSA) is 3.24 Å².